The average molecular weight is 376 g/mol. The number of aromatic nitrogens is 3. The molecule has 2 aromatic heterocycles. The normalized spacial score (nSPS) is 22.0. The van der Waals surface area contributed by atoms with Gasteiger partial charge in [0, 0.05) is 22.9 Å². The largest absolute Gasteiger partial charge is 0.393 e. The monoisotopic (exact) mass is 375 g/mol. The summed E-state index contributed by atoms with van der Waals surface area (Å²) in [5.41, 5.74) is 2.59. The van der Waals surface area contributed by atoms with Gasteiger partial charge in [0.15, 0.2) is 0 Å². The van der Waals surface area contributed by atoms with Gasteiger partial charge in [-0.3, -0.25) is 14.1 Å². The third-order valence-electron chi connectivity index (χ3n) is 4.86. The molecule has 1 fully saturated rings. The van der Waals surface area contributed by atoms with Gasteiger partial charge in [0.2, 0.25) is 0 Å². The SMILES string of the molecule is Cn1c(=O)n(C2CCCC(O)C2)c2c3cc(Br)ccc3ncc21. The van der Waals surface area contributed by atoms with Crippen LogP contribution in [0.2, 0.25) is 0 Å². The minimum Gasteiger partial charge on any atom is -0.393 e. The number of aliphatic hydroxyl groups excluding tert-OH is 1. The van der Waals surface area contributed by atoms with Crippen LogP contribution in [0, 0.1) is 0 Å². The Balaban J connectivity index is 2.07. The first kappa shape index (κ1) is 14.9. The summed E-state index contributed by atoms with van der Waals surface area (Å²) in [6.07, 6.45) is 4.77. The molecule has 0 radical (unpaired) electrons. The Morgan fingerprint density at radius 3 is 2.96 bits per heavy atom. The molecule has 1 aliphatic carbocycles. The van der Waals surface area contributed by atoms with Crippen molar-refractivity contribution in [1.29, 1.82) is 0 Å². The van der Waals surface area contributed by atoms with Crippen molar-refractivity contribution in [2.75, 3.05) is 0 Å². The summed E-state index contributed by atoms with van der Waals surface area (Å²) in [6, 6.07) is 5.97. The van der Waals surface area contributed by atoms with Gasteiger partial charge < -0.3 is 5.11 Å². The molecule has 2 unspecified atom stereocenters. The van der Waals surface area contributed by atoms with Crippen molar-refractivity contribution < 1.29 is 5.11 Å². The van der Waals surface area contributed by atoms with E-state index >= 15 is 0 Å². The number of benzene rings is 1. The van der Waals surface area contributed by atoms with E-state index in [1.807, 2.05) is 22.8 Å². The molecule has 2 heterocycles. The van der Waals surface area contributed by atoms with Gasteiger partial charge in [0.1, 0.15) is 0 Å². The Morgan fingerprint density at radius 1 is 1.35 bits per heavy atom. The number of pyridine rings is 1. The van der Waals surface area contributed by atoms with E-state index in [2.05, 4.69) is 20.9 Å². The van der Waals surface area contributed by atoms with Crippen LogP contribution in [0.4, 0.5) is 0 Å². The Kier molecular flexibility index (Phi) is 3.54. The number of imidazole rings is 1. The average Bonchev–Trinajstić information content (AvgIpc) is 2.79. The second-order valence-corrected chi connectivity index (χ2v) is 7.26. The summed E-state index contributed by atoms with van der Waals surface area (Å²) >= 11 is 3.51. The first-order chi connectivity index (χ1) is 11.1. The van der Waals surface area contributed by atoms with Crippen LogP contribution >= 0.6 is 15.9 Å². The van der Waals surface area contributed by atoms with Crippen molar-refractivity contribution >= 4 is 37.9 Å². The number of fused-ring (bicyclic) bond motifs is 3. The Morgan fingerprint density at radius 2 is 2.17 bits per heavy atom. The highest BCUT2D eigenvalue weighted by Gasteiger charge is 2.26. The maximum absolute atomic E-state index is 12.8. The zero-order valence-corrected chi connectivity index (χ0v) is 14.5. The van der Waals surface area contributed by atoms with Crippen LogP contribution in [0.5, 0.6) is 0 Å². The van der Waals surface area contributed by atoms with Crippen LogP contribution in [0.1, 0.15) is 31.7 Å². The molecule has 0 saturated heterocycles. The van der Waals surface area contributed by atoms with E-state index in [0.717, 1.165) is 45.7 Å². The maximum Gasteiger partial charge on any atom is 0.329 e. The highest BCUT2D eigenvalue weighted by molar-refractivity contribution is 9.10. The molecular weight excluding hydrogens is 358 g/mol. The van der Waals surface area contributed by atoms with Gasteiger partial charge in [-0.1, -0.05) is 15.9 Å². The summed E-state index contributed by atoms with van der Waals surface area (Å²) in [5.74, 6) is 0. The van der Waals surface area contributed by atoms with Crippen molar-refractivity contribution in [3.05, 3.63) is 39.4 Å². The lowest BCUT2D eigenvalue weighted by molar-refractivity contribution is 0.104. The molecule has 1 saturated carbocycles. The fourth-order valence-electron chi connectivity index (χ4n) is 3.71. The van der Waals surface area contributed by atoms with Gasteiger partial charge in [-0.05, 0) is 43.9 Å². The quantitative estimate of drug-likeness (QED) is 0.710. The molecule has 3 aromatic rings. The molecular formula is C17H18BrN3O2. The van der Waals surface area contributed by atoms with Gasteiger partial charge in [-0.2, -0.15) is 0 Å². The Hall–Kier alpha value is -1.66. The summed E-state index contributed by atoms with van der Waals surface area (Å²) < 4.78 is 4.49. The zero-order valence-electron chi connectivity index (χ0n) is 12.9. The number of nitrogens with zero attached hydrogens (tertiary/aromatic N) is 3. The molecule has 1 N–H and O–H groups in total. The molecule has 4 rings (SSSR count). The molecule has 0 amide bonds. The van der Waals surface area contributed by atoms with E-state index in [0.29, 0.717) is 6.42 Å². The molecule has 1 aromatic carbocycles. The predicted molar refractivity (Wildman–Crippen MR) is 93.7 cm³/mol. The van der Waals surface area contributed by atoms with Gasteiger partial charge in [-0.25, -0.2) is 4.79 Å². The fraction of sp³-hybridized carbons (Fsp3) is 0.412. The Bertz CT molecular complexity index is 960. The third-order valence-corrected chi connectivity index (χ3v) is 5.35. The van der Waals surface area contributed by atoms with E-state index < -0.39 is 0 Å². The zero-order chi connectivity index (χ0) is 16.1. The molecule has 5 nitrogen and oxygen atoms in total. The van der Waals surface area contributed by atoms with E-state index in [4.69, 9.17) is 0 Å². The summed E-state index contributed by atoms with van der Waals surface area (Å²) in [7, 11) is 1.78. The third kappa shape index (κ3) is 2.32. The fourth-order valence-corrected chi connectivity index (χ4v) is 4.07. The second kappa shape index (κ2) is 5.46. The van der Waals surface area contributed by atoms with Crippen LogP contribution < -0.4 is 5.69 Å². The van der Waals surface area contributed by atoms with Crippen molar-refractivity contribution in [3.8, 4) is 0 Å². The molecule has 0 spiro atoms. The van der Waals surface area contributed by atoms with Crippen LogP contribution in [-0.4, -0.2) is 25.3 Å². The van der Waals surface area contributed by atoms with Crippen molar-refractivity contribution in [2.45, 2.75) is 37.8 Å². The minimum atomic E-state index is -0.323. The van der Waals surface area contributed by atoms with E-state index in [1.54, 1.807) is 17.8 Å². The van der Waals surface area contributed by atoms with Crippen LogP contribution in [0.15, 0.2) is 33.7 Å². The molecule has 120 valence electrons. The minimum absolute atomic E-state index is 0.0339. The van der Waals surface area contributed by atoms with Crippen molar-refractivity contribution in [1.82, 2.24) is 14.1 Å². The maximum atomic E-state index is 12.8. The van der Waals surface area contributed by atoms with Crippen molar-refractivity contribution in [3.63, 3.8) is 0 Å². The lowest BCUT2D eigenvalue weighted by atomic mass is 9.92. The molecule has 0 bridgehead atoms. The lowest BCUT2D eigenvalue weighted by Crippen LogP contribution is -2.30. The molecule has 1 aliphatic rings. The molecule has 2 atom stereocenters. The van der Waals surface area contributed by atoms with Crippen LogP contribution in [0.25, 0.3) is 21.9 Å². The molecule has 0 aliphatic heterocycles. The van der Waals surface area contributed by atoms with Crippen molar-refractivity contribution in [2.24, 2.45) is 7.05 Å². The smallest absolute Gasteiger partial charge is 0.329 e. The molecule has 6 heteroatoms. The van der Waals surface area contributed by atoms with E-state index in [9.17, 15) is 9.90 Å². The van der Waals surface area contributed by atoms with E-state index in [1.165, 1.54) is 0 Å². The topological polar surface area (TPSA) is 60.0 Å². The standard InChI is InChI=1S/C17H18BrN3O2/c1-20-15-9-19-14-6-5-10(18)7-13(14)16(15)21(17(20)23)11-3-2-4-12(22)8-11/h5-7,9,11-12,22H,2-4,8H2,1H3. The van der Waals surface area contributed by atoms with Gasteiger partial charge in [-0.15, -0.1) is 0 Å². The number of aryl methyl sites for hydroxylation is 1. The highest BCUT2D eigenvalue weighted by atomic mass is 79.9. The first-order valence-electron chi connectivity index (χ1n) is 7.89. The van der Waals surface area contributed by atoms with E-state index in [-0.39, 0.29) is 17.8 Å². The molecule has 23 heavy (non-hydrogen) atoms. The lowest BCUT2D eigenvalue weighted by Gasteiger charge is -2.27. The number of halogens is 1. The summed E-state index contributed by atoms with van der Waals surface area (Å²) in [5, 5.41) is 11.0. The highest BCUT2D eigenvalue weighted by Crippen LogP contribution is 2.33. The van der Waals surface area contributed by atoms with Gasteiger partial charge >= 0.3 is 5.69 Å². The number of aliphatic hydroxyl groups is 1. The van der Waals surface area contributed by atoms with Gasteiger partial charge in [0.25, 0.3) is 0 Å². The summed E-state index contributed by atoms with van der Waals surface area (Å²) in [4.78, 5) is 17.3. The Labute approximate surface area is 141 Å². The second-order valence-electron chi connectivity index (χ2n) is 6.34. The first-order valence-corrected chi connectivity index (χ1v) is 8.69. The van der Waals surface area contributed by atoms with Crippen LogP contribution in [0.3, 0.4) is 0 Å². The summed E-state index contributed by atoms with van der Waals surface area (Å²) in [6.45, 7) is 0. The van der Waals surface area contributed by atoms with Gasteiger partial charge in [0.05, 0.1) is 28.9 Å². The number of rotatable bonds is 1. The number of hydrogen-bond acceptors (Lipinski definition) is 3. The number of hydrogen-bond donors (Lipinski definition) is 1. The van der Waals surface area contributed by atoms with Crippen LogP contribution in [-0.2, 0) is 7.05 Å². The predicted octanol–water partition coefficient (Wildman–Crippen LogP) is 3.13.